The maximum absolute atomic E-state index is 8.36. The van der Waals surface area contributed by atoms with Crippen molar-refractivity contribution in [2.75, 3.05) is 0 Å². The first-order valence-electron chi connectivity index (χ1n) is 7.83. The number of rotatable bonds is 1. The largest absolute Gasteiger partial charge is 0.328 e. The second-order valence-electron chi connectivity index (χ2n) is 5.81. The second-order valence-corrected chi connectivity index (χ2v) is 6.65. The van der Waals surface area contributed by atoms with Crippen LogP contribution in [0.1, 0.15) is 28.3 Å². The van der Waals surface area contributed by atoms with Gasteiger partial charge >= 0.3 is 0 Å². The normalized spacial score (nSPS) is 15.1. The number of nitrogens with zero attached hydrogens (tertiary/aromatic N) is 3. The van der Waals surface area contributed by atoms with Crippen molar-refractivity contribution < 1.29 is 10.3 Å². The molecule has 0 saturated heterocycles. The molecule has 0 unspecified atom stereocenters. The van der Waals surface area contributed by atoms with E-state index in [4.69, 9.17) is 38.5 Å². The van der Waals surface area contributed by atoms with Gasteiger partial charge in [-0.15, -0.1) is 10.1 Å². The Labute approximate surface area is 159 Å². The smallest absolute Gasteiger partial charge is 0.291 e. The van der Waals surface area contributed by atoms with Gasteiger partial charge in [0.15, 0.2) is 0 Å². The van der Waals surface area contributed by atoms with Gasteiger partial charge in [0.25, 0.3) is 5.09 Å². The highest BCUT2D eigenvalue weighted by Gasteiger charge is 2.27. The first-order valence-corrected chi connectivity index (χ1v) is 8.59. The van der Waals surface area contributed by atoms with Gasteiger partial charge in [-0.25, -0.2) is 4.98 Å². The SMILES string of the molecule is Clc1cc(Cl)c2c(c1)CCc1ccccc1[C@H]2n1ccnc1.O=[N+]([O-])O. The number of benzene rings is 2. The third-order valence-corrected chi connectivity index (χ3v) is 4.82. The molecule has 0 radical (unpaired) electrons. The summed E-state index contributed by atoms with van der Waals surface area (Å²) in [6.07, 6.45) is 7.57. The monoisotopic (exact) mass is 391 g/mol. The lowest BCUT2D eigenvalue weighted by Gasteiger charge is -2.23. The van der Waals surface area contributed by atoms with Crippen LogP contribution >= 0.6 is 23.2 Å². The van der Waals surface area contributed by atoms with Crippen LogP contribution in [0.15, 0.2) is 55.1 Å². The molecule has 0 saturated carbocycles. The van der Waals surface area contributed by atoms with Gasteiger partial charge < -0.3 is 9.77 Å². The fraction of sp³-hybridized carbons (Fsp3) is 0.167. The fourth-order valence-electron chi connectivity index (χ4n) is 3.34. The Balaban J connectivity index is 0.000000447. The number of aryl methyl sites for hydroxylation is 2. The molecule has 0 bridgehead atoms. The van der Waals surface area contributed by atoms with Gasteiger partial charge in [-0.2, -0.15) is 0 Å². The lowest BCUT2D eigenvalue weighted by atomic mass is 9.94. The topological polar surface area (TPSA) is 81.2 Å². The van der Waals surface area contributed by atoms with Crippen LogP contribution in [0, 0.1) is 10.1 Å². The van der Waals surface area contributed by atoms with Gasteiger partial charge in [0, 0.05) is 28.0 Å². The molecule has 6 nitrogen and oxygen atoms in total. The summed E-state index contributed by atoms with van der Waals surface area (Å²) < 4.78 is 2.11. The third-order valence-electron chi connectivity index (χ3n) is 4.29. The zero-order valence-electron chi connectivity index (χ0n) is 13.5. The molecular formula is C18H15Cl2N3O3. The minimum absolute atomic E-state index is 0.0426. The molecule has 8 heteroatoms. The third kappa shape index (κ3) is 3.81. The van der Waals surface area contributed by atoms with Crippen LogP contribution in [0.5, 0.6) is 0 Å². The van der Waals surface area contributed by atoms with Crippen molar-refractivity contribution in [3.8, 4) is 0 Å². The first kappa shape index (κ1) is 18.2. The van der Waals surface area contributed by atoms with Crippen LogP contribution in [-0.2, 0) is 12.8 Å². The molecule has 0 amide bonds. The van der Waals surface area contributed by atoms with Crippen molar-refractivity contribution in [3.63, 3.8) is 0 Å². The molecule has 26 heavy (non-hydrogen) atoms. The number of fused-ring (bicyclic) bond motifs is 2. The van der Waals surface area contributed by atoms with E-state index < -0.39 is 5.09 Å². The molecule has 0 spiro atoms. The maximum atomic E-state index is 8.36. The Morgan fingerprint density at radius 1 is 1.19 bits per heavy atom. The van der Waals surface area contributed by atoms with Crippen molar-refractivity contribution in [2.24, 2.45) is 0 Å². The van der Waals surface area contributed by atoms with Gasteiger partial charge in [0.1, 0.15) is 0 Å². The molecule has 1 aromatic heterocycles. The minimum Gasteiger partial charge on any atom is -0.328 e. The van der Waals surface area contributed by atoms with E-state index in [0.717, 1.165) is 23.4 Å². The quantitative estimate of drug-likeness (QED) is 0.486. The highest BCUT2D eigenvalue weighted by molar-refractivity contribution is 6.35. The van der Waals surface area contributed by atoms with Crippen molar-refractivity contribution >= 4 is 23.2 Å². The van der Waals surface area contributed by atoms with Crippen molar-refractivity contribution in [2.45, 2.75) is 18.9 Å². The maximum Gasteiger partial charge on any atom is 0.291 e. The molecular weight excluding hydrogens is 377 g/mol. The lowest BCUT2D eigenvalue weighted by Crippen LogP contribution is -2.13. The number of aromatic nitrogens is 2. The van der Waals surface area contributed by atoms with Gasteiger partial charge in [-0.05, 0) is 41.7 Å². The van der Waals surface area contributed by atoms with Crippen LogP contribution in [0.3, 0.4) is 0 Å². The Bertz CT molecular complexity index is 925. The van der Waals surface area contributed by atoms with Gasteiger partial charge in [0.2, 0.25) is 0 Å². The summed E-state index contributed by atoms with van der Waals surface area (Å²) in [5.74, 6) is 0. The second kappa shape index (κ2) is 7.76. The van der Waals surface area contributed by atoms with E-state index >= 15 is 0 Å². The predicted octanol–water partition coefficient (Wildman–Crippen LogP) is 4.58. The van der Waals surface area contributed by atoms with Gasteiger partial charge in [0.05, 0.1) is 12.4 Å². The van der Waals surface area contributed by atoms with Crippen LogP contribution in [-0.4, -0.2) is 19.8 Å². The average molecular weight is 392 g/mol. The van der Waals surface area contributed by atoms with Crippen LogP contribution in [0.25, 0.3) is 0 Å². The Hall–Kier alpha value is -2.57. The highest BCUT2D eigenvalue weighted by Crippen LogP contribution is 2.40. The first-order chi connectivity index (χ1) is 12.5. The highest BCUT2D eigenvalue weighted by atomic mass is 35.5. The van der Waals surface area contributed by atoms with Gasteiger partial charge in [-0.3, -0.25) is 0 Å². The van der Waals surface area contributed by atoms with Crippen molar-refractivity contribution in [3.05, 3.63) is 97.5 Å². The zero-order valence-corrected chi connectivity index (χ0v) is 15.1. The molecule has 134 valence electrons. The summed E-state index contributed by atoms with van der Waals surface area (Å²) in [5.41, 5.74) is 4.98. The number of hydrogen-bond acceptors (Lipinski definition) is 3. The van der Waals surface area contributed by atoms with E-state index in [0.29, 0.717) is 5.02 Å². The molecule has 1 heterocycles. The molecule has 0 fully saturated rings. The van der Waals surface area contributed by atoms with E-state index in [1.54, 1.807) is 6.20 Å². The standard InChI is InChI=1S/C18H14Cl2N2.HNO3/c19-14-9-13-6-5-12-3-1-2-4-15(12)18(17(13)16(20)10-14)22-8-7-21-11-22;2-1(3)4/h1-4,7-11,18H,5-6H2;(H,2,3,4)/t18-;/m1./s1. The Morgan fingerprint density at radius 3 is 2.58 bits per heavy atom. The summed E-state index contributed by atoms with van der Waals surface area (Å²) >= 11 is 12.8. The molecule has 0 aliphatic heterocycles. The summed E-state index contributed by atoms with van der Waals surface area (Å²) in [6.45, 7) is 0. The Kier molecular flexibility index (Phi) is 5.44. The molecule has 3 aromatic rings. The molecule has 1 atom stereocenters. The van der Waals surface area contributed by atoms with E-state index in [-0.39, 0.29) is 6.04 Å². The molecule has 1 aliphatic carbocycles. The van der Waals surface area contributed by atoms with E-state index in [1.807, 2.05) is 24.7 Å². The molecule has 4 rings (SSSR count). The van der Waals surface area contributed by atoms with E-state index in [2.05, 4.69) is 33.8 Å². The van der Waals surface area contributed by atoms with Crippen LogP contribution in [0.2, 0.25) is 10.0 Å². The average Bonchev–Trinajstić information content (AvgIpc) is 3.04. The fourth-order valence-corrected chi connectivity index (χ4v) is 3.98. The number of hydrogen-bond donors (Lipinski definition) is 1. The molecule has 1 N–H and O–H groups in total. The Morgan fingerprint density at radius 2 is 1.88 bits per heavy atom. The summed E-state index contributed by atoms with van der Waals surface area (Å²) in [6, 6.07) is 12.5. The summed E-state index contributed by atoms with van der Waals surface area (Å²) in [5, 5.41) is 15.1. The minimum atomic E-state index is -1.50. The van der Waals surface area contributed by atoms with Crippen molar-refractivity contribution in [1.82, 2.24) is 9.55 Å². The number of imidazole rings is 1. The zero-order chi connectivity index (χ0) is 18.7. The number of halogens is 2. The summed E-state index contributed by atoms with van der Waals surface area (Å²) in [4.78, 5) is 12.6. The summed E-state index contributed by atoms with van der Waals surface area (Å²) in [7, 11) is 0. The van der Waals surface area contributed by atoms with E-state index in [1.165, 1.54) is 16.7 Å². The molecule has 1 aliphatic rings. The lowest BCUT2D eigenvalue weighted by molar-refractivity contribution is -0.742. The van der Waals surface area contributed by atoms with E-state index in [9.17, 15) is 0 Å². The van der Waals surface area contributed by atoms with Crippen LogP contribution in [0.4, 0.5) is 0 Å². The van der Waals surface area contributed by atoms with Gasteiger partial charge in [-0.1, -0.05) is 47.5 Å². The predicted molar refractivity (Wildman–Crippen MR) is 98.6 cm³/mol. The molecule has 2 aromatic carbocycles. The van der Waals surface area contributed by atoms with Crippen LogP contribution < -0.4 is 0 Å². The van der Waals surface area contributed by atoms with Crippen molar-refractivity contribution in [1.29, 1.82) is 0 Å².